The maximum Gasteiger partial charge on any atom is 0.338 e. The van der Waals surface area contributed by atoms with E-state index in [-0.39, 0.29) is 11.9 Å². The number of aryl methyl sites for hydroxylation is 1. The molecule has 9 heteroatoms. The summed E-state index contributed by atoms with van der Waals surface area (Å²) in [6.45, 7) is 2.20. The number of hydrogen-bond acceptors (Lipinski definition) is 8. The monoisotopic (exact) mass is 651 g/mol. The summed E-state index contributed by atoms with van der Waals surface area (Å²) in [6, 6.07) is 31.5. The van der Waals surface area contributed by atoms with Crippen LogP contribution in [0.15, 0.2) is 102 Å². The van der Waals surface area contributed by atoms with Gasteiger partial charge in [0.15, 0.2) is 11.0 Å². The van der Waals surface area contributed by atoms with E-state index in [1.54, 1.807) is 35.8 Å². The highest BCUT2D eigenvalue weighted by atomic mass is 32.2. The molecule has 0 unspecified atom stereocenters. The molecule has 0 N–H and O–H groups in total. The topological polar surface area (TPSA) is 83.3 Å². The van der Waals surface area contributed by atoms with Crippen LogP contribution in [0.2, 0.25) is 0 Å². The van der Waals surface area contributed by atoms with Crippen molar-refractivity contribution in [1.82, 2.24) is 14.2 Å². The average Bonchev–Trinajstić information content (AvgIpc) is 3.51. The maximum atomic E-state index is 12.3. The summed E-state index contributed by atoms with van der Waals surface area (Å²) in [4.78, 5) is 29.4. The zero-order chi connectivity index (χ0) is 32.3. The van der Waals surface area contributed by atoms with Crippen molar-refractivity contribution in [2.45, 2.75) is 49.3 Å². The van der Waals surface area contributed by atoms with Crippen molar-refractivity contribution in [3.05, 3.63) is 125 Å². The highest BCUT2D eigenvalue weighted by Gasteiger charge is 2.15. The Morgan fingerprint density at radius 2 is 1.22 bits per heavy atom. The van der Waals surface area contributed by atoms with Gasteiger partial charge in [-0.1, -0.05) is 116 Å². The molecule has 0 atom stereocenters. The molecule has 1 aromatic heterocycles. The van der Waals surface area contributed by atoms with Crippen LogP contribution in [0, 0.1) is 0 Å². The Bertz CT molecular complexity index is 1640. The van der Waals surface area contributed by atoms with Crippen LogP contribution >= 0.6 is 23.7 Å². The second kappa shape index (κ2) is 16.3. The minimum absolute atomic E-state index is 0.346. The Kier molecular flexibility index (Phi) is 11.7. The first-order valence-corrected chi connectivity index (χ1v) is 17.2. The van der Waals surface area contributed by atoms with Crippen LogP contribution in [0.4, 0.5) is 0 Å². The lowest BCUT2D eigenvalue weighted by Crippen LogP contribution is -2.03. The normalized spacial score (nSPS) is 10.9. The van der Waals surface area contributed by atoms with E-state index in [0.717, 1.165) is 81.6 Å². The Hall–Kier alpha value is -4.34. The zero-order valence-electron chi connectivity index (χ0n) is 26.3. The van der Waals surface area contributed by atoms with E-state index in [0.29, 0.717) is 11.1 Å². The number of benzene rings is 4. The number of ether oxygens (including phenoxy) is 2. The average molecular weight is 652 g/mol. The Balaban J connectivity index is 1.27. The smallest absolute Gasteiger partial charge is 0.338 e. The lowest BCUT2D eigenvalue weighted by Gasteiger charge is -2.10. The molecule has 0 aliphatic rings. The SMILES string of the molecule is CCCCCc1nc(SCc2ccc(-c3ccccc3C(=O)OC)cc2)n(SCc2ccc(-c3ccccc3C(=O)OC)cc2)n1. The Labute approximate surface area is 278 Å². The number of unbranched alkanes of at least 4 members (excludes halogenated alkanes) is 2. The molecule has 5 rings (SSSR count). The van der Waals surface area contributed by atoms with Gasteiger partial charge >= 0.3 is 11.9 Å². The largest absolute Gasteiger partial charge is 0.465 e. The van der Waals surface area contributed by atoms with E-state index < -0.39 is 0 Å². The second-order valence-corrected chi connectivity index (χ2v) is 12.5. The van der Waals surface area contributed by atoms with Crippen molar-refractivity contribution in [1.29, 1.82) is 0 Å². The molecule has 0 saturated carbocycles. The molecule has 0 spiro atoms. The van der Waals surface area contributed by atoms with Gasteiger partial charge in [-0.3, -0.25) is 0 Å². The predicted octanol–water partition coefficient (Wildman–Crippen LogP) is 8.91. The molecule has 0 saturated heterocycles. The van der Waals surface area contributed by atoms with E-state index in [1.807, 2.05) is 64.8 Å². The molecule has 0 fully saturated rings. The van der Waals surface area contributed by atoms with Gasteiger partial charge in [0.05, 0.1) is 25.3 Å². The van der Waals surface area contributed by atoms with Gasteiger partial charge in [-0.25, -0.2) is 14.6 Å². The molecule has 0 radical (unpaired) electrons. The van der Waals surface area contributed by atoms with Gasteiger partial charge < -0.3 is 9.47 Å². The summed E-state index contributed by atoms with van der Waals surface area (Å²) in [5.41, 5.74) is 7.02. The van der Waals surface area contributed by atoms with Crippen LogP contribution in [-0.4, -0.2) is 40.3 Å². The van der Waals surface area contributed by atoms with Crippen molar-refractivity contribution in [2.24, 2.45) is 0 Å². The van der Waals surface area contributed by atoms with Crippen molar-refractivity contribution in [2.75, 3.05) is 14.2 Å². The van der Waals surface area contributed by atoms with Crippen LogP contribution in [0.3, 0.4) is 0 Å². The number of thioether (sulfide) groups is 1. The van der Waals surface area contributed by atoms with Crippen LogP contribution in [0.25, 0.3) is 22.3 Å². The van der Waals surface area contributed by atoms with Crippen molar-refractivity contribution >= 4 is 35.6 Å². The van der Waals surface area contributed by atoms with E-state index in [2.05, 4.69) is 31.2 Å². The molecule has 0 aliphatic carbocycles. The number of methoxy groups -OCH3 is 2. The van der Waals surface area contributed by atoms with Gasteiger partial charge in [-0.05, 0) is 63.9 Å². The summed E-state index contributed by atoms with van der Waals surface area (Å²) < 4.78 is 11.9. The van der Waals surface area contributed by atoms with Gasteiger partial charge in [0.1, 0.15) is 0 Å². The fraction of sp³-hybridized carbons (Fsp3) is 0.243. The molecule has 0 aliphatic heterocycles. The lowest BCUT2D eigenvalue weighted by molar-refractivity contribution is 0.0592. The minimum atomic E-state index is -0.346. The standard InChI is InChI=1S/C37H37N3O4S2/c1-4-5-6-15-34-38-37(45-24-26-16-20-28(21-17-26)30-11-7-9-13-32(30)35(41)43-2)40(39-34)46-25-27-18-22-29(23-19-27)31-12-8-10-14-33(31)36(42)44-3/h7-14,16-23H,4-6,15,24-25H2,1-3H3. The molecule has 5 aromatic rings. The second-order valence-electron chi connectivity index (χ2n) is 10.7. The van der Waals surface area contributed by atoms with Gasteiger partial charge in [-0.15, -0.1) is 5.10 Å². The van der Waals surface area contributed by atoms with E-state index in [1.165, 1.54) is 14.2 Å². The number of aromatic nitrogens is 3. The molecule has 0 amide bonds. The molecule has 7 nitrogen and oxygen atoms in total. The van der Waals surface area contributed by atoms with Crippen LogP contribution in [0.5, 0.6) is 0 Å². The van der Waals surface area contributed by atoms with E-state index in [9.17, 15) is 9.59 Å². The third-order valence-electron chi connectivity index (χ3n) is 7.51. The minimum Gasteiger partial charge on any atom is -0.465 e. The highest BCUT2D eigenvalue weighted by Crippen LogP contribution is 2.30. The number of nitrogens with zero attached hydrogens (tertiary/aromatic N) is 3. The molecular formula is C37H37N3O4S2. The zero-order valence-corrected chi connectivity index (χ0v) is 27.9. The highest BCUT2D eigenvalue weighted by molar-refractivity contribution is 8.00. The molecule has 1 heterocycles. The number of esters is 2. The van der Waals surface area contributed by atoms with E-state index in [4.69, 9.17) is 19.6 Å². The molecule has 0 bridgehead atoms. The fourth-order valence-corrected chi connectivity index (χ4v) is 6.92. The molecule has 4 aromatic carbocycles. The maximum absolute atomic E-state index is 12.3. The first-order valence-electron chi connectivity index (χ1n) is 15.3. The number of rotatable bonds is 14. The first kappa shape index (κ1) is 33.0. The number of carbonyl (C=O) groups is 2. The number of hydrogen-bond donors (Lipinski definition) is 0. The Morgan fingerprint density at radius 1 is 0.696 bits per heavy atom. The summed E-state index contributed by atoms with van der Waals surface area (Å²) in [5.74, 6) is 1.63. The fourth-order valence-electron chi connectivity index (χ4n) is 5.02. The van der Waals surface area contributed by atoms with Crippen LogP contribution in [0.1, 0.15) is 63.9 Å². The van der Waals surface area contributed by atoms with Crippen molar-refractivity contribution in [3.8, 4) is 22.3 Å². The summed E-state index contributed by atoms with van der Waals surface area (Å²) in [7, 11) is 2.80. The van der Waals surface area contributed by atoms with E-state index >= 15 is 0 Å². The van der Waals surface area contributed by atoms with Gasteiger partial charge in [0.2, 0.25) is 0 Å². The third-order valence-corrected chi connectivity index (χ3v) is 9.59. The first-order chi connectivity index (χ1) is 22.5. The third kappa shape index (κ3) is 8.27. The summed E-state index contributed by atoms with van der Waals surface area (Å²) in [5, 5.41) is 5.73. The Morgan fingerprint density at radius 3 is 1.74 bits per heavy atom. The summed E-state index contributed by atoms with van der Waals surface area (Å²) >= 11 is 3.28. The molecule has 46 heavy (non-hydrogen) atoms. The van der Waals surface area contributed by atoms with Crippen LogP contribution in [-0.2, 0) is 27.4 Å². The molecule has 236 valence electrons. The van der Waals surface area contributed by atoms with Gasteiger partial charge in [0.25, 0.3) is 0 Å². The van der Waals surface area contributed by atoms with Crippen LogP contribution < -0.4 is 0 Å². The van der Waals surface area contributed by atoms with Crippen molar-refractivity contribution < 1.29 is 19.1 Å². The van der Waals surface area contributed by atoms with Gasteiger partial charge in [0, 0.05) is 17.9 Å². The quantitative estimate of drug-likeness (QED) is 0.0669. The number of carbonyl (C=O) groups excluding carboxylic acids is 2. The summed E-state index contributed by atoms with van der Waals surface area (Å²) in [6.07, 6.45) is 4.23. The van der Waals surface area contributed by atoms with Crippen molar-refractivity contribution in [3.63, 3.8) is 0 Å². The predicted molar refractivity (Wildman–Crippen MR) is 186 cm³/mol. The lowest BCUT2D eigenvalue weighted by atomic mass is 9.99. The molecular weight excluding hydrogens is 615 g/mol. The van der Waals surface area contributed by atoms with Gasteiger partial charge in [-0.2, -0.15) is 4.09 Å².